The SMILES string of the molecule is CC(C)N[C@H]1CN2CCC(=O)C2[C@@H](O)[C@@H]1O. The highest BCUT2D eigenvalue weighted by atomic mass is 16.3. The molecule has 5 nitrogen and oxygen atoms in total. The van der Waals surface area contributed by atoms with E-state index in [9.17, 15) is 15.0 Å². The molecule has 2 saturated heterocycles. The van der Waals surface area contributed by atoms with Crippen molar-refractivity contribution in [1.82, 2.24) is 10.2 Å². The molecule has 0 bridgehead atoms. The van der Waals surface area contributed by atoms with E-state index in [1.54, 1.807) is 0 Å². The largest absolute Gasteiger partial charge is 0.389 e. The van der Waals surface area contributed by atoms with Crippen LogP contribution >= 0.6 is 0 Å². The Hall–Kier alpha value is -0.490. The molecule has 2 aliphatic heterocycles. The number of rotatable bonds is 2. The molecule has 0 amide bonds. The van der Waals surface area contributed by atoms with Gasteiger partial charge in [-0.1, -0.05) is 13.8 Å². The zero-order chi connectivity index (χ0) is 11.9. The van der Waals surface area contributed by atoms with Crippen LogP contribution in [0.1, 0.15) is 20.3 Å². The van der Waals surface area contributed by atoms with Crippen LogP contribution in [0.15, 0.2) is 0 Å². The van der Waals surface area contributed by atoms with E-state index in [2.05, 4.69) is 5.32 Å². The predicted octanol–water partition coefficient (Wildman–Crippen LogP) is -1.27. The van der Waals surface area contributed by atoms with Crippen molar-refractivity contribution < 1.29 is 15.0 Å². The number of carbonyl (C=O) groups excluding carboxylic acids is 1. The molecule has 0 aromatic heterocycles. The van der Waals surface area contributed by atoms with Crippen LogP contribution in [0.3, 0.4) is 0 Å². The van der Waals surface area contributed by atoms with E-state index >= 15 is 0 Å². The number of aliphatic hydroxyl groups excluding tert-OH is 2. The number of Topliss-reactive ketones (excluding diaryl/α,β-unsaturated/α-hetero) is 1. The van der Waals surface area contributed by atoms with Crippen molar-refractivity contribution in [2.45, 2.75) is 50.6 Å². The fraction of sp³-hybridized carbons (Fsp3) is 0.909. The van der Waals surface area contributed by atoms with E-state index in [-0.39, 0.29) is 17.9 Å². The minimum atomic E-state index is -0.958. The molecule has 0 saturated carbocycles. The summed E-state index contributed by atoms with van der Waals surface area (Å²) in [4.78, 5) is 13.5. The maximum atomic E-state index is 11.6. The maximum absolute atomic E-state index is 11.6. The molecular formula is C11H20N2O3. The molecular weight excluding hydrogens is 208 g/mol. The van der Waals surface area contributed by atoms with Gasteiger partial charge in [0.05, 0.1) is 12.1 Å². The van der Waals surface area contributed by atoms with Crippen molar-refractivity contribution in [1.29, 1.82) is 0 Å². The van der Waals surface area contributed by atoms with Gasteiger partial charge in [0.25, 0.3) is 0 Å². The van der Waals surface area contributed by atoms with Crippen molar-refractivity contribution in [2.24, 2.45) is 0 Å². The molecule has 2 heterocycles. The second kappa shape index (κ2) is 4.41. The van der Waals surface area contributed by atoms with Gasteiger partial charge in [0.1, 0.15) is 6.10 Å². The van der Waals surface area contributed by atoms with Gasteiger partial charge in [0.2, 0.25) is 0 Å². The lowest BCUT2D eigenvalue weighted by Crippen LogP contribution is -2.65. The number of hydrogen-bond donors (Lipinski definition) is 3. The van der Waals surface area contributed by atoms with Crippen molar-refractivity contribution in [3.8, 4) is 0 Å². The summed E-state index contributed by atoms with van der Waals surface area (Å²) in [5, 5.41) is 23.1. The van der Waals surface area contributed by atoms with E-state index in [1.807, 2.05) is 18.7 Å². The van der Waals surface area contributed by atoms with E-state index in [0.29, 0.717) is 19.5 Å². The predicted molar refractivity (Wildman–Crippen MR) is 59.1 cm³/mol. The van der Waals surface area contributed by atoms with Gasteiger partial charge in [-0.25, -0.2) is 0 Å². The smallest absolute Gasteiger partial charge is 0.153 e. The quantitative estimate of drug-likeness (QED) is 0.550. The Morgan fingerprint density at radius 1 is 1.38 bits per heavy atom. The van der Waals surface area contributed by atoms with E-state index < -0.39 is 18.2 Å². The topological polar surface area (TPSA) is 72.8 Å². The number of nitrogens with one attached hydrogen (secondary N) is 1. The average molecular weight is 228 g/mol. The van der Waals surface area contributed by atoms with Gasteiger partial charge in [-0.15, -0.1) is 0 Å². The number of ketones is 1. The van der Waals surface area contributed by atoms with Gasteiger partial charge in [-0.05, 0) is 0 Å². The molecule has 0 spiro atoms. The molecule has 3 N–H and O–H groups in total. The fourth-order valence-corrected chi connectivity index (χ4v) is 2.72. The summed E-state index contributed by atoms with van der Waals surface area (Å²) >= 11 is 0. The zero-order valence-corrected chi connectivity index (χ0v) is 9.76. The Balaban J connectivity index is 2.09. The Morgan fingerprint density at radius 3 is 2.69 bits per heavy atom. The molecule has 2 rings (SSSR count). The van der Waals surface area contributed by atoms with Crippen LogP contribution in [0.5, 0.6) is 0 Å². The van der Waals surface area contributed by atoms with E-state index in [1.165, 1.54) is 0 Å². The Labute approximate surface area is 95.4 Å². The number of hydrogen-bond acceptors (Lipinski definition) is 5. The first-order valence-electron chi connectivity index (χ1n) is 5.89. The monoisotopic (exact) mass is 228 g/mol. The van der Waals surface area contributed by atoms with E-state index in [0.717, 1.165) is 0 Å². The minimum Gasteiger partial charge on any atom is -0.389 e. The van der Waals surface area contributed by atoms with Crippen LogP contribution in [0.25, 0.3) is 0 Å². The van der Waals surface area contributed by atoms with Gasteiger partial charge in [-0.2, -0.15) is 0 Å². The van der Waals surface area contributed by atoms with Crippen LogP contribution in [0.2, 0.25) is 0 Å². The van der Waals surface area contributed by atoms with Gasteiger partial charge >= 0.3 is 0 Å². The third-order valence-corrected chi connectivity index (χ3v) is 3.43. The summed E-state index contributed by atoms with van der Waals surface area (Å²) < 4.78 is 0. The molecule has 0 aromatic carbocycles. The Bertz CT molecular complexity index is 282. The molecule has 0 radical (unpaired) electrons. The number of piperidine rings is 1. The molecule has 0 aromatic rings. The van der Waals surface area contributed by atoms with Crippen LogP contribution < -0.4 is 5.32 Å². The van der Waals surface area contributed by atoms with Crippen LogP contribution in [0.4, 0.5) is 0 Å². The van der Waals surface area contributed by atoms with Crippen LogP contribution in [-0.2, 0) is 4.79 Å². The third kappa shape index (κ3) is 2.00. The third-order valence-electron chi connectivity index (χ3n) is 3.43. The first-order valence-corrected chi connectivity index (χ1v) is 5.89. The molecule has 0 aliphatic carbocycles. The highest BCUT2D eigenvalue weighted by Gasteiger charge is 2.47. The molecule has 4 atom stereocenters. The maximum Gasteiger partial charge on any atom is 0.153 e. The first kappa shape index (κ1) is 12.0. The Kier molecular flexibility index (Phi) is 3.30. The summed E-state index contributed by atoms with van der Waals surface area (Å²) in [7, 11) is 0. The summed E-state index contributed by atoms with van der Waals surface area (Å²) in [6, 6.07) is -0.390. The van der Waals surface area contributed by atoms with Gasteiger partial charge < -0.3 is 15.5 Å². The summed E-state index contributed by atoms with van der Waals surface area (Å²) in [6.45, 7) is 5.33. The lowest BCUT2D eigenvalue weighted by atomic mass is 9.92. The second-order valence-corrected chi connectivity index (χ2v) is 5.07. The van der Waals surface area contributed by atoms with Crippen LogP contribution in [-0.4, -0.2) is 64.3 Å². The summed E-state index contributed by atoms with van der Waals surface area (Å²) in [6.07, 6.45) is -1.33. The Morgan fingerprint density at radius 2 is 2.06 bits per heavy atom. The molecule has 2 aliphatic rings. The number of aliphatic hydroxyl groups is 2. The molecule has 92 valence electrons. The normalized spacial score (nSPS) is 40.4. The standard InChI is InChI=1S/C11H20N2O3/c1-6(2)12-7-5-13-4-3-8(14)9(13)11(16)10(7)15/h6-7,9-12,15-16H,3-5H2,1-2H3/t7-,9?,10+,11+/m0/s1. The average Bonchev–Trinajstić information content (AvgIpc) is 2.55. The van der Waals surface area contributed by atoms with Crippen molar-refractivity contribution >= 4 is 5.78 Å². The fourth-order valence-electron chi connectivity index (χ4n) is 2.72. The number of carbonyl (C=O) groups is 1. The minimum absolute atomic E-state index is 0.0505. The van der Waals surface area contributed by atoms with E-state index in [4.69, 9.17) is 0 Å². The van der Waals surface area contributed by atoms with Crippen molar-refractivity contribution in [3.05, 3.63) is 0 Å². The van der Waals surface area contributed by atoms with Gasteiger partial charge in [-0.3, -0.25) is 9.69 Å². The number of fused-ring (bicyclic) bond motifs is 1. The van der Waals surface area contributed by atoms with Gasteiger partial charge in [0, 0.05) is 31.6 Å². The van der Waals surface area contributed by atoms with Gasteiger partial charge in [0.15, 0.2) is 5.78 Å². The lowest BCUT2D eigenvalue weighted by Gasteiger charge is -2.42. The molecule has 16 heavy (non-hydrogen) atoms. The highest BCUT2D eigenvalue weighted by molar-refractivity contribution is 5.87. The molecule has 2 fully saturated rings. The zero-order valence-electron chi connectivity index (χ0n) is 9.76. The van der Waals surface area contributed by atoms with Crippen molar-refractivity contribution in [3.63, 3.8) is 0 Å². The molecule has 1 unspecified atom stereocenters. The number of nitrogens with zero attached hydrogens (tertiary/aromatic N) is 1. The molecule has 5 heteroatoms. The highest BCUT2D eigenvalue weighted by Crippen LogP contribution is 2.25. The summed E-state index contributed by atoms with van der Waals surface area (Å²) in [5.41, 5.74) is 0. The lowest BCUT2D eigenvalue weighted by molar-refractivity contribution is -0.132. The van der Waals surface area contributed by atoms with Crippen molar-refractivity contribution in [2.75, 3.05) is 13.1 Å². The first-order chi connectivity index (χ1) is 7.50. The second-order valence-electron chi connectivity index (χ2n) is 5.07. The summed E-state index contributed by atoms with van der Waals surface area (Å²) in [5.74, 6) is 0.0505. The van der Waals surface area contributed by atoms with Crippen LogP contribution in [0, 0.1) is 0 Å².